The van der Waals surface area contributed by atoms with Gasteiger partial charge in [0.25, 0.3) is 0 Å². The molecule has 0 saturated heterocycles. The van der Waals surface area contributed by atoms with Crippen LogP contribution in [-0.4, -0.2) is 8.07 Å². The minimum atomic E-state index is -1.67. The molecule has 0 amide bonds. The molecule has 0 unspecified atom stereocenters. The topological polar surface area (TPSA) is 0 Å². The van der Waals surface area contributed by atoms with Gasteiger partial charge in [-0.1, -0.05) is 75.3 Å². The van der Waals surface area contributed by atoms with E-state index in [2.05, 4.69) is 93.5 Å². The number of halogens is 2. The Balaban J connectivity index is 2.26. The van der Waals surface area contributed by atoms with Crippen LogP contribution in [0, 0.1) is 0 Å². The molecule has 0 bridgehead atoms. The molecule has 3 aromatic rings. The van der Waals surface area contributed by atoms with Crippen LogP contribution in [0.25, 0.3) is 21.9 Å². The summed E-state index contributed by atoms with van der Waals surface area (Å²) in [6.07, 6.45) is 0. The van der Waals surface area contributed by atoms with Crippen molar-refractivity contribution in [2.45, 2.75) is 13.1 Å². The molecule has 104 valence electrons. The Morgan fingerprint density at radius 2 is 1.57 bits per heavy atom. The van der Waals surface area contributed by atoms with Gasteiger partial charge in [-0.15, -0.1) is 0 Å². The van der Waals surface area contributed by atoms with Crippen LogP contribution in [0.1, 0.15) is 0 Å². The highest BCUT2D eigenvalue weighted by atomic mass is 79.9. The minimum absolute atomic E-state index is 1.18. The molecule has 3 aromatic carbocycles. The van der Waals surface area contributed by atoms with Crippen LogP contribution >= 0.6 is 31.9 Å². The summed E-state index contributed by atoms with van der Waals surface area (Å²) in [5.74, 6) is 0. The van der Waals surface area contributed by atoms with Crippen LogP contribution in [0.15, 0.2) is 57.5 Å². The summed E-state index contributed by atoms with van der Waals surface area (Å²) >= 11 is 7.36. The van der Waals surface area contributed by atoms with Crippen molar-refractivity contribution >= 4 is 61.1 Å². The van der Waals surface area contributed by atoms with Crippen molar-refractivity contribution in [3.8, 4) is 11.1 Å². The van der Waals surface area contributed by atoms with Crippen LogP contribution in [-0.2, 0) is 0 Å². The lowest BCUT2D eigenvalue weighted by Crippen LogP contribution is -2.55. The SMILES string of the molecule is C[Si]1(C)c2cc(Br)ccc2-c2ccc(Br)c3cccc1c23. The van der Waals surface area contributed by atoms with Crippen molar-refractivity contribution in [1.29, 1.82) is 0 Å². The molecule has 0 fully saturated rings. The van der Waals surface area contributed by atoms with Gasteiger partial charge < -0.3 is 0 Å². The van der Waals surface area contributed by atoms with Crippen molar-refractivity contribution in [2.75, 3.05) is 0 Å². The third kappa shape index (κ3) is 1.84. The van der Waals surface area contributed by atoms with Crippen LogP contribution in [0.3, 0.4) is 0 Å². The van der Waals surface area contributed by atoms with Gasteiger partial charge in [-0.05, 0) is 50.5 Å². The Morgan fingerprint density at radius 3 is 2.38 bits per heavy atom. The van der Waals surface area contributed by atoms with Gasteiger partial charge in [0.15, 0.2) is 0 Å². The zero-order valence-electron chi connectivity index (χ0n) is 11.9. The Kier molecular flexibility index (Phi) is 2.97. The molecule has 0 saturated carbocycles. The monoisotopic (exact) mass is 416 g/mol. The standard InChI is InChI=1S/C18H14Br2Si/c1-21(2)16-5-3-4-14-15(20)9-8-13(18(14)16)12-7-6-11(19)10-17(12)21/h3-10H,1-2H3. The molecule has 0 nitrogen and oxygen atoms in total. The number of fused-ring (bicyclic) bond motifs is 2. The van der Waals surface area contributed by atoms with Crippen LogP contribution in [0.4, 0.5) is 0 Å². The lowest BCUT2D eigenvalue weighted by Gasteiger charge is -2.33. The summed E-state index contributed by atoms with van der Waals surface area (Å²) in [6, 6.07) is 17.9. The first-order chi connectivity index (χ1) is 10.00. The van der Waals surface area contributed by atoms with E-state index in [9.17, 15) is 0 Å². The molecule has 1 aliphatic rings. The molecule has 4 rings (SSSR count). The highest BCUT2D eigenvalue weighted by Gasteiger charge is 2.35. The molecular formula is C18H14Br2Si. The van der Waals surface area contributed by atoms with Crippen LogP contribution < -0.4 is 10.4 Å². The first kappa shape index (κ1) is 13.7. The summed E-state index contributed by atoms with van der Waals surface area (Å²) in [4.78, 5) is 0. The van der Waals surface area contributed by atoms with Gasteiger partial charge in [0.05, 0.1) is 0 Å². The van der Waals surface area contributed by atoms with Crippen molar-refractivity contribution in [2.24, 2.45) is 0 Å². The second-order valence-electron chi connectivity index (χ2n) is 6.14. The van der Waals surface area contributed by atoms with E-state index in [0.717, 1.165) is 0 Å². The predicted octanol–water partition coefficient (Wildman–Crippen LogP) is 5.17. The number of rotatable bonds is 0. The van der Waals surface area contributed by atoms with E-state index in [1.54, 1.807) is 5.19 Å². The smallest absolute Gasteiger partial charge is 0.0619 e. The molecule has 21 heavy (non-hydrogen) atoms. The largest absolute Gasteiger partial charge is 0.113 e. The van der Waals surface area contributed by atoms with Gasteiger partial charge in [-0.25, -0.2) is 0 Å². The van der Waals surface area contributed by atoms with Crippen molar-refractivity contribution in [3.63, 3.8) is 0 Å². The first-order valence-corrected chi connectivity index (χ1v) is 11.6. The Hall–Kier alpha value is -0.903. The molecule has 3 heteroatoms. The van der Waals surface area contributed by atoms with Crippen LogP contribution in [0.2, 0.25) is 13.1 Å². The van der Waals surface area contributed by atoms with E-state index in [-0.39, 0.29) is 0 Å². The van der Waals surface area contributed by atoms with E-state index in [1.165, 1.54) is 36.0 Å². The maximum Gasteiger partial charge on any atom is 0.113 e. The molecule has 1 aliphatic heterocycles. The van der Waals surface area contributed by atoms with Crippen molar-refractivity contribution in [3.05, 3.63) is 57.5 Å². The van der Waals surface area contributed by atoms with Crippen molar-refractivity contribution < 1.29 is 0 Å². The maximum atomic E-state index is 3.72. The lowest BCUT2D eigenvalue weighted by molar-refractivity contribution is 1.60. The lowest BCUT2D eigenvalue weighted by atomic mass is 9.97. The highest BCUT2D eigenvalue weighted by molar-refractivity contribution is 9.11. The van der Waals surface area contributed by atoms with Gasteiger partial charge in [0, 0.05) is 8.95 Å². The fraction of sp³-hybridized carbons (Fsp3) is 0.111. The average Bonchev–Trinajstić information content (AvgIpc) is 2.47. The number of hydrogen-bond acceptors (Lipinski definition) is 0. The highest BCUT2D eigenvalue weighted by Crippen LogP contribution is 2.37. The fourth-order valence-electron chi connectivity index (χ4n) is 3.53. The third-order valence-electron chi connectivity index (χ3n) is 4.61. The first-order valence-electron chi connectivity index (χ1n) is 7.02. The van der Waals surface area contributed by atoms with E-state index in [0.29, 0.717) is 0 Å². The van der Waals surface area contributed by atoms with Gasteiger partial charge in [0.2, 0.25) is 0 Å². The molecule has 0 aromatic heterocycles. The Morgan fingerprint density at radius 1 is 0.810 bits per heavy atom. The number of hydrogen-bond donors (Lipinski definition) is 0. The Bertz CT molecular complexity index is 897. The predicted molar refractivity (Wildman–Crippen MR) is 102 cm³/mol. The summed E-state index contributed by atoms with van der Waals surface area (Å²) in [7, 11) is -1.67. The van der Waals surface area contributed by atoms with Gasteiger partial charge in [-0.3, -0.25) is 0 Å². The zero-order valence-corrected chi connectivity index (χ0v) is 16.0. The normalized spacial score (nSPS) is 15.0. The molecule has 0 spiro atoms. The number of benzene rings is 3. The fourth-order valence-corrected chi connectivity index (χ4v) is 7.67. The Labute approximate surface area is 142 Å². The average molecular weight is 418 g/mol. The molecule has 0 N–H and O–H groups in total. The van der Waals surface area contributed by atoms with Gasteiger partial charge >= 0.3 is 0 Å². The van der Waals surface area contributed by atoms with E-state index in [4.69, 9.17) is 0 Å². The van der Waals surface area contributed by atoms with Gasteiger partial charge in [-0.2, -0.15) is 0 Å². The van der Waals surface area contributed by atoms with E-state index >= 15 is 0 Å². The minimum Gasteiger partial charge on any atom is -0.0619 e. The summed E-state index contributed by atoms with van der Waals surface area (Å²) < 4.78 is 2.36. The summed E-state index contributed by atoms with van der Waals surface area (Å²) in [5.41, 5.74) is 2.78. The van der Waals surface area contributed by atoms with Gasteiger partial charge in [0.1, 0.15) is 8.07 Å². The molecule has 0 atom stereocenters. The van der Waals surface area contributed by atoms with Crippen molar-refractivity contribution in [1.82, 2.24) is 0 Å². The molecule has 0 radical (unpaired) electrons. The zero-order chi connectivity index (χ0) is 14.8. The quantitative estimate of drug-likeness (QED) is 0.442. The molecule has 0 aliphatic carbocycles. The molecule has 1 heterocycles. The van der Waals surface area contributed by atoms with E-state index < -0.39 is 8.07 Å². The van der Waals surface area contributed by atoms with E-state index in [1.807, 2.05) is 0 Å². The second kappa shape index (κ2) is 4.54. The van der Waals surface area contributed by atoms with Crippen LogP contribution in [0.5, 0.6) is 0 Å². The maximum absolute atomic E-state index is 3.72. The summed E-state index contributed by atoms with van der Waals surface area (Å²) in [5, 5.41) is 5.85. The third-order valence-corrected chi connectivity index (χ3v) is 9.31. The summed E-state index contributed by atoms with van der Waals surface area (Å²) in [6.45, 7) is 4.91. The molecular weight excluding hydrogens is 404 g/mol. The second-order valence-corrected chi connectivity index (χ2v) is 12.2.